The normalized spacial score (nSPS) is 23.3. The van der Waals surface area contributed by atoms with Gasteiger partial charge < -0.3 is 20.2 Å². The largest absolute Gasteiger partial charge is 0.508 e. The van der Waals surface area contributed by atoms with Gasteiger partial charge in [0.05, 0.1) is 5.69 Å². The first-order valence-electron chi connectivity index (χ1n) is 12.6. The third-order valence-corrected chi connectivity index (χ3v) is 7.18. The van der Waals surface area contributed by atoms with Gasteiger partial charge >= 0.3 is 0 Å². The number of piperazine rings is 1. The van der Waals surface area contributed by atoms with E-state index in [4.69, 9.17) is 9.97 Å². The van der Waals surface area contributed by atoms with Crippen LogP contribution in [0.2, 0.25) is 0 Å². The monoisotopic (exact) mass is 473 g/mol. The molecule has 1 aromatic carbocycles. The fourth-order valence-electron chi connectivity index (χ4n) is 4.75. The van der Waals surface area contributed by atoms with Gasteiger partial charge in [-0.25, -0.2) is 15.0 Å². The molecule has 3 aromatic rings. The second-order valence-electron chi connectivity index (χ2n) is 9.86. The fraction of sp³-hybridized carbons (Fsp3) is 0.444. The van der Waals surface area contributed by atoms with E-state index in [-0.39, 0.29) is 0 Å². The molecule has 184 valence electrons. The Morgan fingerprint density at radius 2 is 1.71 bits per heavy atom. The maximum Gasteiger partial charge on any atom is 0.227 e. The summed E-state index contributed by atoms with van der Waals surface area (Å²) in [5, 5.41) is 13.8. The van der Waals surface area contributed by atoms with E-state index in [0.29, 0.717) is 17.6 Å². The van der Waals surface area contributed by atoms with Crippen LogP contribution in [0.15, 0.2) is 48.8 Å². The molecule has 0 saturated carbocycles. The molecule has 0 spiro atoms. The van der Waals surface area contributed by atoms with Gasteiger partial charge in [-0.05, 0) is 61.7 Å². The predicted molar refractivity (Wildman–Crippen MR) is 140 cm³/mol. The molecule has 5 aliphatic rings. The van der Waals surface area contributed by atoms with Gasteiger partial charge in [0.15, 0.2) is 0 Å². The molecule has 35 heavy (non-hydrogen) atoms. The van der Waals surface area contributed by atoms with Crippen LogP contribution in [0.25, 0.3) is 11.3 Å². The highest BCUT2D eigenvalue weighted by Crippen LogP contribution is 2.26. The number of phenols is 1. The highest BCUT2D eigenvalue weighted by Gasteiger charge is 2.19. The Morgan fingerprint density at radius 1 is 0.914 bits per heavy atom. The number of anilines is 3. The average Bonchev–Trinajstić information content (AvgIpc) is 2.88. The highest BCUT2D eigenvalue weighted by molar-refractivity contribution is 5.63. The summed E-state index contributed by atoms with van der Waals surface area (Å²) >= 11 is 0. The van der Waals surface area contributed by atoms with E-state index < -0.39 is 0 Å². The molecule has 1 saturated heterocycles. The lowest BCUT2D eigenvalue weighted by molar-refractivity contribution is 0.121. The molecule has 0 aliphatic carbocycles. The minimum Gasteiger partial charge on any atom is -0.508 e. The number of hydrogen-bond donors (Lipinski definition) is 2. The van der Waals surface area contributed by atoms with E-state index in [0.717, 1.165) is 80.6 Å². The number of hydrogen-bond acceptors (Lipinski definition) is 8. The Labute approximate surface area is 207 Å². The smallest absolute Gasteiger partial charge is 0.227 e. The van der Waals surface area contributed by atoms with E-state index >= 15 is 0 Å². The Kier molecular flexibility index (Phi) is 7.11. The number of aromatic hydroxyl groups is 1. The summed E-state index contributed by atoms with van der Waals surface area (Å²) in [5.74, 6) is 2.49. The Balaban J connectivity index is 1.42. The van der Waals surface area contributed by atoms with Crippen LogP contribution in [0, 0.1) is 5.92 Å². The topological polar surface area (TPSA) is 80.7 Å². The standard InChI is InChI=1S/C27H35N7O/c1-20-8-11-32(2)26-6-3-21(18-29-26)24-7-10-28-27(31-24)30-23-4-5-25(35)22(17-23)19-34-15-13-33(12-9-20)14-16-34/h3-7,10,17-18,20,35H,8-9,11-16,19H2,1-2H3,(H,28,30,31). The van der Waals surface area contributed by atoms with Crippen LogP contribution in [0.1, 0.15) is 25.3 Å². The molecule has 1 unspecified atom stereocenters. The first-order valence-corrected chi connectivity index (χ1v) is 12.6. The van der Waals surface area contributed by atoms with Gasteiger partial charge in [-0.2, -0.15) is 0 Å². The van der Waals surface area contributed by atoms with Crippen molar-refractivity contribution in [1.82, 2.24) is 24.8 Å². The summed E-state index contributed by atoms with van der Waals surface area (Å²) in [6.07, 6.45) is 6.00. The van der Waals surface area contributed by atoms with Gasteiger partial charge in [-0.15, -0.1) is 0 Å². The highest BCUT2D eigenvalue weighted by atomic mass is 16.3. The molecule has 0 amide bonds. The summed E-state index contributed by atoms with van der Waals surface area (Å²) in [6, 6.07) is 11.6. The fourth-order valence-corrected chi connectivity index (χ4v) is 4.75. The number of benzene rings is 1. The van der Waals surface area contributed by atoms with Crippen molar-refractivity contribution in [3.8, 4) is 17.0 Å². The minimum atomic E-state index is 0.326. The Hall–Kier alpha value is -3.23. The number of nitrogens with one attached hydrogen (secondary N) is 1. The second-order valence-corrected chi connectivity index (χ2v) is 9.86. The van der Waals surface area contributed by atoms with E-state index in [1.165, 1.54) is 6.42 Å². The number of rotatable bonds is 0. The lowest BCUT2D eigenvalue weighted by atomic mass is 10.0. The third-order valence-electron chi connectivity index (χ3n) is 7.18. The summed E-state index contributed by atoms with van der Waals surface area (Å²) in [4.78, 5) is 21.0. The number of nitrogens with zero attached hydrogens (tertiary/aromatic N) is 6. The molecule has 7 heterocycles. The maximum atomic E-state index is 10.5. The molecule has 8 nitrogen and oxygen atoms in total. The van der Waals surface area contributed by atoms with Gasteiger partial charge in [0.2, 0.25) is 5.95 Å². The van der Waals surface area contributed by atoms with Gasteiger partial charge in [0.1, 0.15) is 11.6 Å². The van der Waals surface area contributed by atoms with Crippen LogP contribution < -0.4 is 10.2 Å². The first kappa shape index (κ1) is 23.5. The third kappa shape index (κ3) is 5.89. The van der Waals surface area contributed by atoms with Crippen LogP contribution in [-0.4, -0.2) is 76.2 Å². The quantitative estimate of drug-likeness (QED) is 0.475. The molecule has 5 aliphatic heterocycles. The van der Waals surface area contributed by atoms with Crippen molar-refractivity contribution >= 4 is 17.5 Å². The van der Waals surface area contributed by atoms with Crippen LogP contribution in [0.5, 0.6) is 5.75 Å². The van der Waals surface area contributed by atoms with Crippen molar-refractivity contribution in [2.45, 2.75) is 26.3 Å². The molecular weight excluding hydrogens is 438 g/mol. The first-order chi connectivity index (χ1) is 17.0. The van der Waals surface area contributed by atoms with Crippen LogP contribution in [-0.2, 0) is 6.54 Å². The lowest BCUT2D eigenvalue weighted by Gasteiger charge is -2.35. The second kappa shape index (κ2) is 10.6. The number of aromatic nitrogens is 3. The molecule has 2 N–H and O–H groups in total. The number of pyridine rings is 1. The molecular formula is C27H35N7O. The van der Waals surface area contributed by atoms with Crippen molar-refractivity contribution in [2.24, 2.45) is 5.92 Å². The molecule has 0 radical (unpaired) electrons. The summed E-state index contributed by atoms with van der Waals surface area (Å²) < 4.78 is 0. The molecule has 2 aromatic heterocycles. The molecule has 8 bridgehead atoms. The van der Waals surface area contributed by atoms with Crippen molar-refractivity contribution in [3.05, 3.63) is 54.4 Å². The van der Waals surface area contributed by atoms with Crippen molar-refractivity contribution in [1.29, 1.82) is 0 Å². The molecule has 8 heteroatoms. The zero-order valence-electron chi connectivity index (χ0n) is 20.7. The lowest BCUT2D eigenvalue weighted by Crippen LogP contribution is -2.46. The van der Waals surface area contributed by atoms with Crippen LogP contribution >= 0.6 is 0 Å². The molecule has 8 rings (SSSR count). The van der Waals surface area contributed by atoms with E-state index in [9.17, 15) is 5.11 Å². The van der Waals surface area contributed by atoms with Gasteiger partial charge in [0.25, 0.3) is 0 Å². The summed E-state index contributed by atoms with van der Waals surface area (Å²) in [5.41, 5.74) is 3.54. The van der Waals surface area contributed by atoms with Crippen molar-refractivity contribution < 1.29 is 5.11 Å². The zero-order chi connectivity index (χ0) is 24.2. The Morgan fingerprint density at radius 3 is 2.51 bits per heavy atom. The maximum absolute atomic E-state index is 10.5. The van der Waals surface area contributed by atoms with Gasteiger partial charge in [-0.1, -0.05) is 6.92 Å². The van der Waals surface area contributed by atoms with Gasteiger partial charge in [-0.3, -0.25) is 4.90 Å². The average molecular weight is 474 g/mol. The predicted octanol–water partition coefficient (Wildman–Crippen LogP) is 3.97. The number of phenolic OH excluding ortho intramolecular Hbond substituents is 1. The Bertz CT molecular complexity index is 1130. The van der Waals surface area contributed by atoms with Crippen LogP contribution in [0.3, 0.4) is 0 Å². The summed E-state index contributed by atoms with van der Waals surface area (Å²) in [7, 11) is 2.12. The van der Waals surface area contributed by atoms with Crippen molar-refractivity contribution in [3.63, 3.8) is 0 Å². The minimum absolute atomic E-state index is 0.326. The van der Waals surface area contributed by atoms with E-state index in [1.54, 1.807) is 12.3 Å². The van der Waals surface area contributed by atoms with E-state index in [1.807, 2.05) is 24.4 Å². The molecule has 1 atom stereocenters. The molecule has 1 fully saturated rings. The SMILES string of the molecule is CC1CCN2CCN(CC2)Cc2cc(ccc2O)Nc2nccc(n2)-c2ccc(nc2)N(C)CC1. The van der Waals surface area contributed by atoms with Crippen molar-refractivity contribution in [2.75, 3.05) is 56.5 Å². The zero-order valence-corrected chi connectivity index (χ0v) is 20.7. The van der Waals surface area contributed by atoms with Crippen LogP contribution in [0.4, 0.5) is 17.5 Å². The van der Waals surface area contributed by atoms with Gasteiger partial charge in [0, 0.05) is 75.5 Å². The summed E-state index contributed by atoms with van der Waals surface area (Å²) in [6.45, 7) is 9.40. The van der Waals surface area contributed by atoms with E-state index in [2.05, 4.69) is 51.1 Å².